The van der Waals surface area contributed by atoms with Crippen LogP contribution in [0.1, 0.15) is 62.3 Å². The second kappa shape index (κ2) is 7.99. The zero-order valence-corrected chi connectivity index (χ0v) is 15.7. The van der Waals surface area contributed by atoms with Gasteiger partial charge >= 0.3 is 0 Å². The SMILES string of the molecule is CC(=O)[O-].[CH2]C(C)(C)P(C(C)(C)C)C(C)(C)C.[Pd]. The fourth-order valence-electron chi connectivity index (χ4n) is 2.82. The van der Waals surface area contributed by atoms with Crippen molar-refractivity contribution >= 4 is 13.9 Å². The first-order valence-electron chi connectivity index (χ1n) is 5.93. The maximum Gasteiger partial charge on any atom is 0.0383 e. The Kier molecular flexibility index (Phi) is 10.5. The van der Waals surface area contributed by atoms with Crippen LogP contribution in [0.4, 0.5) is 0 Å². The first kappa shape index (κ1) is 23.6. The van der Waals surface area contributed by atoms with Gasteiger partial charge in [-0.05, 0) is 29.3 Å². The number of carboxylic acid groups (broad SMARTS) is 1. The molecule has 0 aromatic heterocycles. The predicted octanol–water partition coefficient (Wildman–Crippen LogP) is 3.43. The summed E-state index contributed by atoms with van der Waals surface area (Å²) in [5.41, 5.74) is 0. The molecule has 0 aliphatic heterocycles. The van der Waals surface area contributed by atoms with Gasteiger partial charge in [0.05, 0.1) is 0 Å². The largest absolute Gasteiger partial charge is 0.550 e. The van der Waals surface area contributed by atoms with Crippen LogP contribution < -0.4 is 5.11 Å². The van der Waals surface area contributed by atoms with Crippen LogP contribution in [0.25, 0.3) is 0 Å². The molecule has 0 saturated heterocycles. The molecular formula is C14H29O2PPd-. The zero-order valence-electron chi connectivity index (χ0n) is 13.3. The molecule has 0 N–H and O–H groups in total. The predicted molar refractivity (Wildman–Crippen MR) is 76.5 cm³/mol. The Bertz CT molecular complexity index is 207. The minimum Gasteiger partial charge on any atom is -0.550 e. The average Bonchev–Trinajstić information content (AvgIpc) is 1.69. The van der Waals surface area contributed by atoms with E-state index in [1.165, 1.54) is 0 Å². The summed E-state index contributed by atoms with van der Waals surface area (Å²) < 4.78 is 0. The molecule has 0 heterocycles. The molecule has 0 bridgehead atoms. The third-order valence-electron chi connectivity index (χ3n) is 1.95. The standard InChI is InChI=1S/C12H26P.C2H4O2.Pd/c1-10(2,3)13(11(4,5)6)12(7,8)9;1-2(3)4;/h1H2,2-9H3;1H3,(H,3,4);/p-1. The first-order chi connectivity index (χ1) is 7.10. The molecule has 0 aromatic rings. The second-order valence-electron chi connectivity index (χ2n) is 6.98. The van der Waals surface area contributed by atoms with E-state index in [0.29, 0.717) is 10.3 Å². The topological polar surface area (TPSA) is 40.1 Å². The van der Waals surface area contributed by atoms with E-state index in [4.69, 9.17) is 9.90 Å². The van der Waals surface area contributed by atoms with Gasteiger partial charge in [0.1, 0.15) is 0 Å². The number of aliphatic carboxylic acids is 1. The van der Waals surface area contributed by atoms with Crippen LogP contribution in [-0.4, -0.2) is 21.4 Å². The quantitative estimate of drug-likeness (QED) is 0.527. The van der Waals surface area contributed by atoms with E-state index in [1.807, 2.05) is 0 Å². The number of carbonyl (C=O) groups excluding carboxylic acids is 1. The van der Waals surface area contributed by atoms with E-state index in [-0.39, 0.29) is 33.5 Å². The van der Waals surface area contributed by atoms with Gasteiger partial charge in [-0.2, -0.15) is 0 Å². The Labute approximate surface area is 129 Å². The van der Waals surface area contributed by atoms with Crippen molar-refractivity contribution in [3.05, 3.63) is 6.92 Å². The van der Waals surface area contributed by atoms with E-state index < -0.39 is 5.97 Å². The van der Waals surface area contributed by atoms with Crippen molar-refractivity contribution in [2.24, 2.45) is 0 Å². The van der Waals surface area contributed by atoms with E-state index in [2.05, 4.69) is 62.3 Å². The molecular weight excluding hydrogens is 338 g/mol. The molecule has 0 aliphatic carbocycles. The van der Waals surface area contributed by atoms with Crippen molar-refractivity contribution < 1.29 is 30.3 Å². The van der Waals surface area contributed by atoms with Crippen LogP contribution in [0, 0.1) is 6.92 Å². The summed E-state index contributed by atoms with van der Waals surface area (Å²) in [5.74, 6) is -1.08. The Balaban J connectivity index is -0.000000392. The van der Waals surface area contributed by atoms with Gasteiger partial charge in [-0.1, -0.05) is 63.3 Å². The van der Waals surface area contributed by atoms with Gasteiger partial charge in [0.25, 0.3) is 0 Å². The molecule has 0 amide bonds. The van der Waals surface area contributed by atoms with Crippen LogP contribution in [0.5, 0.6) is 0 Å². The first-order valence-corrected chi connectivity index (χ1v) is 7.27. The van der Waals surface area contributed by atoms with E-state index in [0.717, 1.165) is 6.92 Å². The number of carboxylic acids is 1. The van der Waals surface area contributed by atoms with Crippen LogP contribution in [0.2, 0.25) is 0 Å². The number of rotatable bonds is 1. The average molecular weight is 367 g/mol. The molecule has 0 saturated carbocycles. The molecule has 0 atom stereocenters. The van der Waals surface area contributed by atoms with Crippen molar-refractivity contribution in [2.45, 2.75) is 77.8 Å². The summed E-state index contributed by atoms with van der Waals surface area (Å²) in [7, 11) is -0.0949. The van der Waals surface area contributed by atoms with Gasteiger partial charge in [0.2, 0.25) is 0 Å². The van der Waals surface area contributed by atoms with Crippen molar-refractivity contribution in [3.8, 4) is 0 Å². The van der Waals surface area contributed by atoms with Crippen molar-refractivity contribution in [2.75, 3.05) is 0 Å². The summed E-state index contributed by atoms with van der Waals surface area (Å²) in [4.78, 5) is 8.89. The van der Waals surface area contributed by atoms with Gasteiger partial charge in [-0.3, -0.25) is 0 Å². The second-order valence-corrected chi connectivity index (χ2v) is 11.5. The molecule has 0 aromatic carbocycles. The molecule has 0 fully saturated rings. The number of carbonyl (C=O) groups is 1. The van der Waals surface area contributed by atoms with Crippen molar-refractivity contribution in [3.63, 3.8) is 0 Å². The summed E-state index contributed by atoms with van der Waals surface area (Å²) in [6.45, 7) is 23.9. The third-order valence-corrected chi connectivity index (χ3v) is 5.84. The van der Waals surface area contributed by atoms with Crippen molar-refractivity contribution in [1.29, 1.82) is 0 Å². The molecule has 113 valence electrons. The fourth-order valence-corrected chi connectivity index (χ4v) is 8.47. The van der Waals surface area contributed by atoms with E-state index in [9.17, 15) is 0 Å². The van der Waals surface area contributed by atoms with E-state index >= 15 is 0 Å². The minimum absolute atomic E-state index is 0. The van der Waals surface area contributed by atoms with Gasteiger partial charge in [-0.15, -0.1) is 0 Å². The minimum atomic E-state index is -1.08. The van der Waals surface area contributed by atoms with Crippen LogP contribution in [0.15, 0.2) is 0 Å². The Morgan fingerprint density at radius 1 is 0.944 bits per heavy atom. The zero-order chi connectivity index (χ0) is 14.7. The van der Waals surface area contributed by atoms with Gasteiger partial charge < -0.3 is 9.90 Å². The summed E-state index contributed by atoms with van der Waals surface area (Å²) in [6, 6.07) is 0. The molecule has 4 heteroatoms. The summed E-state index contributed by atoms with van der Waals surface area (Å²) in [6.07, 6.45) is 0. The maximum absolute atomic E-state index is 8.89. The molecule has 0 spiro atoms. The Morgan fingerprint density at radius 3 is 1.11 bits per heavy atom. The van der Waals surface area contributed by atoms with Gasteiger partial charge in [0, 0.05) is 26.4 Å². The Hall–Kier alpha value is 0.562. The van der Waals surface area contributed by atoms with Crippen LogP contribution in [0.3, 0.4) is 0 Å². The molecule has 2 nitrogen and oxygen atoms in total. The van der Waals surface area contributed by atoms with Gasteiger partial charge in [0.15, 0.2) is 0 Å². The normalized spacial score (nSPS) is 12.4. The van der Waals surface area contributed by atoms with Crippen LogP contribution in [-0.2, 0) is 25.2 Å². The Morgan fingerprint density at radius 2 is 1.11 bits per heavy atom. The fraction of sp³-hybridized carbons (Fsp3) is 0.857. The molecule has 0 rings (SSSR count). The van der Waals surface area contributed by atoms with E-state index in [1.54, 1.807) is 0 Å². The molecule has 1 radical (unpaired) electrons. The van der Waals surface area contributed by atoms with Crippen LogP contribution >= 0.6 is 7.92 Å². The molecule has 0 unspecified atom stereocenters. The summed E-state index contributed by atoms with van der Waals surface area (Å²) >= 11 is 0. The smallest absolute Gasteiger partial charge is 0.0383 e. The maximum atomic E-state index is 8.89. The molecule has 18 heavy (non-hydrogen) atoms. The summed E-state index contributed by atoms with van der Waals surface area (Å²) in [5, 5.41) is 9.86. The van der Waals surface area contributed by atoms with Crippen molar-refractivity contribution in [1.82, 2.24) is 0 Å². The van der Waals surface area contributed by atoms with Gasteiger partial charge in [-0.25, -0.2) is 0 Å². The number of hydrogen-bond donors (Lipinski definition) is 0. The number of hydrogen-bond acceptors (Lipinski definition) is 2. The third kappa shape index (κ3) is 11.6. The monoisotopic (exact) mass is 366 g/mol. The molecule has 0 aliphatic rings.